The normalized spacial score (nSPS) is 9.92. The van der Waals surface area contributed by atoms with Crippen molar-refractivity contribution in [3.05, 3.63) is 53.7 Å². The van der Waals surface area contributed by atoms with Crippen LogP contribution < -0.4 is 0 Å². The molecule has 0 atom stereocenters. The smallest absolute Gasteiger partial charge is 0.0717 e. The number of aromatic nitrogens is 1. The second kappa shape index (κ2) is 3.58. The molecule has 1 heterocycles. The minimum Gasteiger partial charge on any atom is -0.256 e. The predicted octanol–water partition coefficient (Wildman–Crippen LogP) is 3.20. The van der Waals surface area contributed by atoms with E-state index < -0.39 is 0 Å². The van der Waals surface area contributed by atoms with Gasteiger partial charge in [0, 0.05) is 16.8 Å². The van der Waals surface area contributed by atoms with Gasteiger partial charge in [-0.25, -0.2) is 0 Å². The van der Waals surface area contributed by atoms with Gasteiger partial charge in [-0.15, -0.1) is 0 Å². The van der Waals surface area contributed by atoms with Crippen LogP contribution in [0.3, 0.4) is 0 Å². The van der Waals surface area contributed by atoms with E-state index in [-0.39, 0.29) is 0 Å². The van der Waals surface area contributed by atoms with Crippen molar-refractivity contribution in [3.8, 4) is 11.3 Å². The number of nitrogens with zero attached hydrogens (tertiary/aromatic N) is 1. The third kappa shape index (κ3) is 1.70. The van der Waals surface area contributed by atoms with E-state index in [9.17, 15) is 0 Å². The Labute approximate surface area is 82.0 Å². The Morgan fingerprint density at radius 1 is 1.23 bits per heavy atom. The van der Waals surface area contributed by atoms with Crippen LogP contribution in [0.25, 0.3) is 11.3 Å². The van der Waals surface area contributed by atoms with E-state index in [4.69, 9.17) is 11.6 Å². The van der Waals surface area contributed by atoms with E-state index in [2.05, 4.69) is 11.1 Å². The minimum absolute atomic E-state index is 0.706. The Balaban J connectivity index is 2.54. The molecular weight excluding hydrogens is 182 g/mol. The highest BCUT2D eigenvalue weighted by molar-refractivity contribution is 6.33. The highest BCUT2D eigenvalue weighted by atomic mass is 35.5. The molecule has 0 spiro atoms. The van der Waals surface area contributed by atoms with Crippen LogP contribution in [0.1, 0.15) is 0 Å². The Morgan fingerprint density at radius 2 is 2.15 bits per heavy atom. The topological polar surface area (TPSA) is 12.9 Å². The average Bonchev–Trinajstić information content (AvgIpc) is 2.20. The van der Waals surface area contributed by atoms with E-state index >= 15 is 0 Å². The molecule has 0 N–H and O–H groups in total. The van der Waals surface area contributed by atoms with Gasteiger partial charge in [0.05, 0.1) is 5.69 Å². The number of benzene rings is 1. The van der Waals surface area contributed by atoms with E-state index in [1.807, 2.05) is 30.3 Å². The maximum absolute atomic E-state index is 6.00. The Bertz CT molecular complexity index is 398. The lowest BCUT2D eigenvalue weighted by molar-refractivity contribution is 1.33. The first-order valence-corrected chi connectivity index (χ1v) is 4.33. The van der Waals surface area contributed by atoms with Crippen molar-refractivity contribution in [1.29, 1.82) is 0 Å². The zero-order valence-electron chi connectivity index (χ0n) is 6.87. The summed E-state index contributed by atoms with van der Waals surface area (Å²) in [5.41, 5.74) is 1.80. The van der Waals surface area contributed by atoms with Crippen molar-refractivity contribution >= 4 is 11.6 Å². The highest BCUT2D eigenvalue weighted by Gasteiger charge is 2.01. The summed E-state index contributed by atoms with van der Waals surface area (Å²) >= 11 is 6.00. The van der Waals surface area contributed by atoms with Crippen molar-refractivity contribution in [2.75, 3.05) is 0 Å². The van der Waals surface area contributed by atoms with Gasteiger partial charge in [0.25, 0.3) is 0 Å². The fraction of sp³-hybridized carbons (Fsp3) is 0. The van der Waals surface area contributed by atoms with Crippen molar-refractivity contribution in [2.24, 2.45) is 0 Å². The summed E-state index contributed by atoms with van der Waals surface area (Å²) in [5.74, 6) is 0. The van der Waals surface area contributed by atoms with E-state index in [1.165, 1.54) is 0 Å². The van der Waals surface area contributed by atoms with Crippen LogP contribution in [-0.4, -0.2) is 4.98 Å². The van der Waals surface area contributed by atoms with E-state index in [0.29, 0.717) is 5.02 Å². The summed E-state index contributed by atoms with van der Waals surface area (Å²) in [6.07, 6.45) is 1.75. The third-order valence-electron chi connectivity index (χ3n) is 1.75. The van der Waals surface area contributed by atoms with Crippen molar-refractivity contribution < 1.29 is 0 Å². The van der Waals surface area contributed by atoms with Crippen molar-refractivity contribution in [3.63, 3.8) is 0 Å². The van der Waals surface area contributed by atoms with Gasteiger partial charge in [0.1, 0.15) is 0 Å². The molecule has 2 heteroatoms. The van der Waals surface area contributed by atoms with Gasteiger partial charge >= 0.3 is 0 Å². The molecule has 0 saturated carbocycles. The fourth-order valence-electron chi connectivity index (χ4n) is 1.13. The van der Waals surface area contributed by atoms with Gasteiger partial charge < -0.3 is 0 Å². The molecule has 2 aromatic rings. The summed E-state index contributed by atoms with van der Waals surface area (Å²) in [5, 5.41) is 0.706. The van der Waals surface area contributed by atoms with Gasteiger partial charge in [-0.2, -0.15) is 0 Å². The summed E-state index contributed by atoms with van der Waals surface area (Å²) in [6.45, 7) is 0. The maximum Gasteiger partial charge on any atom is 0.0717 e. The largest absolute Gasteiger partial charge is 0.256 e. The number of pyridine rings is 1. The molecule has 1 nitrogen and oxygen atoms in total. The Morgan fingerprint density at radius 3 is 2.85 bits per heavy atom. The minimum atomic E-state index is 0.706. The molecule has 63 valence electrons. The second-order valence-corrected chi connectivity index (χ2v) is 3.03. The molecule has 1 radical (unpaired) electrons. The summed E-state index contributed by atoms with van der Waals surface area (Å²) in [6, 6.07) is 14.2. The zero-order chi connectivity index (χ0) is 9.10. The van der Waals surface area contributed by atoms with Gasteiger partial charge in [-0.3, -0.25) is 4.98 Å². The maximum atomic E-state index is 6.00. The number of hydrogen-bond donors (Lipinski definition) is 0. The SMILES string of the molecule is Clc1cc[c]cc1-c1ccccn1. The van der Waals surface area contributed by atoms with Crippen LogP contribution in [-0.2, 0) is 0 Å². The predicted molar refractivity (Wildman–Crippen MR) is 53.5 cm³/mol. The number of rotatable bonds is 1. The molecule has 0 unspecified atom stereocenters. The van der Waals surface area contributed by atoms with Gasteiger partial charge in [0.2, 0.25) is 0 Å². The van der Waals surface area contributed by atoms with Crippen LogP contribution in [0.2, 0.25) is 5.02 Å². The third-order valence-corrected chi connectivity index (χ3v) is 2.08. The van der Waals surface area contributed by atoms with Crippen LogP contribution in [0.4, 0.5) is 0 Å². The Kier molecular flexibility index (Phi) is 2.28. The lowest BCUT2D eigenvalue weighted by atomic mass is 10.1. The molecule has 1 aromatic heterocycles. The first-order chi connectivity index (χ1) is 6.38. The second-order valence-electron chi connectivity index (χ2n) is 2.62. The van der Waals surface area contributed by atoms with Crippen LogP contribution in [0.15, 0.2) is 42.6 Å². The molecule has 0 aliphatic heterocycles. The molecule has 2 rings (SSSR count). The number of hydrogen-bond acceptors (Lipinski definition) is 1. The average molecular weight is 189 g/mol. The zero-order valence-corrected chi connectivity index (χ0v) is 7.62. The standard InChI is InChI=1S/C11H7ClN/c12-10-6-2-1-5-9(10)11-7-3-4-8-13-11/h2-8H. The monoisotopic (exact) mass is 188 g/mol. The van der Waals surface area contributed by atoms with Gasteiger partial charge in [0.15, 0.2) is 0 Å². The summed E-state index contributed by atoms with van der Waals surface area (Å²) < 4.78 is 0. The molecule has 0 saturated heterocycles. The molecule has 0 aliphatic carbocycles. The lowest BCUT2D eigenvalue weighted by Gasteiger charge is -2.01. The molecule has 0 fully saturated rings. The van der Waals surface area contributed by atoms with Crippen LogP contribution in [0, 0.1) is 6.07 Å². The van der Waals surface area contributed by atoms with Gasteiger partial charge in [-0.05, 0) is 30.3 Å². The Hall–Kier alpha value is -1.34. The molecule has 0 aliphatic rings. The highest BCUT2D eigenvalue weighted by Crippen LogP contribution is 2.24. The van der Waals surface area contributed by atoms with E-state index in [0.717, 1.165) is 11.3 Å². The van der Waals surface area contributed by atoms with Crippen molar-refractivity contribution in [1.82, 2.24) is 4.98 Å². The molecule has 1 aromatic carbocycles. The lowest BCUT2D eigenvalue weighted by Crippen LogP contribution is -1.82. The molecule has 0 amide bonds. The summed E-state index contributed by atoms with van der Waals surface area (Å²) in [4.78, 5) is 4.21. The van der Waals surface area contributed by atoms with Crippen LogP contribution >= 0.6 is 11.6 Å². The quantitative estimate of drug-likeness (QED) is 0.670. The van der Waals surface area contributed by atoms with Gasteiger partial charge in [-0.1, -0.05) is 23.7 Å². The number of halogens is 1. The first-order valence-electron chi connectivity index (χ1n) is 3.95. The summed E-state index contributed by atoms with van der Waals surface area (Å²) in [7, 11) is 0. The molecule has 13 heavy (non-hydrogen) atoms. The van der Waals surface area contributed by atoms with E-state index in [1.54, 1.807) is 12.3 Å². The van der Waals surface area contributed by atoms with Crippen molar-refractivity contribution in [2.45, 2.75) is 0 Å². The first kappa shape index (κ1) is 8.27. The fourth-order valence-corrected chi connectivity index (χ4v) is 1.34. The van der Waals surface area contributed by atoms with Crippen LogP contribution in [0.5, 0.6) is 0 Å². The molecule has 0 bridgehead atoms. The molecular formula is C11H7ClN.